The lowest BCUT2D eigenvalue weighted by Crippen LogP contribution is -2.29. The molecule has 0 unspecified atom stereocenters. The van der Waals surface area contributed by atoms with Gasteiger partial charge in [0.1, 0.15) is 0 Å². The number of hydrogen-bond acceptors (Lipinski definition) is 6. The van der Waals surface area contributed by atoms with Crippen LogP contribution in [-0.4, -0.2) is 58.0 Å². The minimum absolute atomic E-state index is 0.176. The Balaban J connectivity index is 1.55. The van der Waals surface area contributed by atoms with Gasteiger partial charge in [0.2, 0.25) is 22.7 Å². The van der Waals surface area contributed by atoms with Gasteiger partial charge in [-0.15, -0.1) is 0 Å². The summed E-state index contributed by atoms with van der Waals surface area (Å²) >= 11 is 0. The van der Waals surface area contributed by atoms with Crippen LogP contribution in [0.1, 0.15) is 5.56 Å². The van der Waals surface area contributed by atoms with E-state index in [4.69, 9.17) is 9.47 Å². The minimum atomic E-state index is -3.49. The van der Waals surface area contributed by atoms with E-state index in [1.807, 2.05) is 30.1 Å². The van der Waals surface area contributed by atoms with E-state index in [0.717, 1.165) is 15.6 Å². The number of rotatable bonds is 7. The molecule has 2 aromatic rings. The summed E-state index contributed by atoms with van der Waals surface area (Å²) in [6, 6.07) is 11.8. The van der Waals surface area contributed by atoms with E-state index in [-0.39, 0.29) is 24.1 Å². The molecule has 28 heavy (non-hydrogen) atoms. The molecule has 2 aromatic carbocycles. The molecule has 1 aliphatic heterocycles. The Kier molecular flexibility index (Phi) is 5.87. The van der Waals surface area contributed by atoms with E-state index in [2.05, 4.69) is 5.32 Å². The number of carbonyl (C=O) groups is 1. The first-order valence-electron chi connectivity index (χ1n) is 8.65. The van der Waals surface area contributed by atoms with Crippen LogP contribution in [0.2, 0.25) is 0 Å². The molecule has 0 spiro atoms. The molecule has 0 saturated carbocycles. The van der Waals surface area contributed by atoms with E-state index >= 15 is 0 Å². The number of anilines is 1. The second-order valence-electron chi connectivity index (χ2n) is 6.72. The van der Waals surface area contributed by atoms with Gasteiger partial charge in [-0.3, -0.25) is 9.69 Å². The number of hydrogen-bond donors (Lipinski definition) is 1. The molecule has 0 aromatic heterocycles. The van der Waals surface area contributed by atoms with Crippen LogP contribution in [0.3, 0.4) is 0 Å². The van der Waals surface area contributed by atoms with Gasteiger partial charge in [-0.1, -0.05) is 6.07 Å². The third-order valence-electron chi connectivity index (χ3n) is 4.22. The van der Waals surface area contributed by atoms with Crippen LogP contribution >= 0.6 is 0 Å². The molecule has 0 aliphatic carbocycles. The van der Waals surface area contributed by atoms with Gasteiger partial charge in [0.05, 0.1) is 11.4 Å². The first-order valence-corrected chi connectivity index (χ1v) is 10.1. The summed E-state index contributed by atoms with van der Waals surface area (Å²) in [6.45, 7) is 0.988. The van der Waals surface area contributed by atoms with Crippen LogP contribution in [-0.2, 0) is 21.4 Å². The standard InChI is InChI=1S/C19H23N3O5S/c1-21(2)28(24,25)16-7-5-15(6-8-16)20-19(23)12-22(3)11-14-4-9-17-18(10-14)27-13-26-17/h4-10H,11-13H2,1-3H3,(H,20,23). The minimum Gasteiger partial charge on any atom is -0.454 e. The van der Waals surface area contributed by atoms with Crippen molar-refractivity contribution in [1.29, 1.82) is 0 Å². The van der Waals surface area contributed by atoms with Gasteiger partial charge in [0.25, 0.3) is 0 Å². The highest BCUT2D eigenvalue weighted by Crippen LogP contribution is 2.32. The van der Waals surface area contributed by atoms with E-state index in [1.165, 1.54) is 26.2 Å². The summed E-state index contributed by atoms with van der Waals surface area (Å²) in [7, 11) is 1.30. The highest BCUT2D eigenvalue weighted by Gasteiger charge is 2.17. The van der Waals surface area contributed by atoms with Crippen LogP contribution in [0.4, 0.5) is 5.69 Å². The molecular weight excluding hydrogens is 382 g/mol. The molecule has 0 bridgehead atoms. The van der Waals surface area contributed by atoms with Crippen LogP contribution < -0.4 is 14.8 Å². The fourth-order valence-electron chi connectivity index (χ4n) is 2.77. The maximum absolute atomic E-state index is 12.3. The number of fused-ring (bicyclic) bond motifs is 1. The predicted octanol–water partition coefficient (Wildman–Crippen LogP) is 1.74. The van der Waals surface area contributed by atoms with Gasteiger partial charge in [0.15, 0.2) is 11.5 Å². The summed E-state index contributed by atoms with van der Waals surface area (Å²) in [5.41, 5.74) is 1.55. The SMILES string of the molecule is CN(CC(=O)Nc1ccc(S(=O)(=O)N(C)C)cc1)Cc1ccc2c(c1)OCO2. The van der Waals surface area contributed by atoms with Crippen molar-refractivity contribution in [2.24, 2.45) is 0 Å². The number of sulfonamides is 1. The Bertz CT molecular complexity index is 958. The van der Waals surface area contributed by atoms with E-state index in [1.54, 1.807) is 12.1 Å². The maximum Gasteiger partial charge on any atom is 0.242 e. The smallest absolute Gasteiger partial charge is 0.242 e. The topological polar surface area (TPSA) is 88.2 Å². The van der Waals surface area contributed by atoms with Crippen molar-refractivity contribution >= 4 is 21.6 Å². The fourth-order valence-corrected chi connectivity index (χ4v) is 3.68. The molecule has 3 rings (SSSR count). The molecule has 0 atom stereocenters. The second-order valence-corrected chi connectivity index (χ2v) is 8.87. The van der Waals surface area contributed by atoms with Crippen molar-refractivity contribution in [3.05, 3.63) is 48.0 Å². The number of likely N-dealkylation sites (N-methyl/N-ethyl adjacent to an activating group) is 1. The molecule has 150 valence electrons. The normalized spacial score (nSPS) is 13.2. The zero-order chi connectivity index (χ0) is 20.3. The average Bonchev–Trinajstić information content (AvgIpc) is 3.09. The number of carbonyl (C=O) groups excluding carboxylic acids is 1. The third kappa shape index (κ3) is 4.61. The van der Waals surface area contributed by atoms with E-state index in [9.17, 15) is 13.2 Å². The van der Waals surface area contributed by atoms with Gasteiger partial charge >= 0.3 is 0 Å². The highest BCUT2D eigenvalue weighted by molar-refractivity contribution is 7.89. The quantitative estimate of drug-likeness (QED) is 0.755. The van der Waals surface area contributed by atoms with Crippen molar-refractivity contribution in [2.45, 2.75) is 11.4 Å². The van der Waals surface area contributed by atoms with Crippen LogP contribution in [0.25, 0.3) is 0 Å². The average molecular weight is 405 g/mol. The summed E-state index contributed by atoms with van der Waals surface area (Å²) < 4.78 is 35.9. The molecule has 1 amide bonds. The molecule has 1 N–H and O–H groups in total. The Hall–Kier alpha value is -2.62. The molecule has 1 heterocycles. The van der Waals surface area contributed by atoms with Crippen molar-refractivity contribution in [1.82, 2.24) is 9.21 Å². The molecule has 8 nitrogen and oxygen atoms in total. The zero-order valence-electron chi connectivity index (χ0n) is 16.0. The number of amides is 1. The van der Waals surface area contributed by atoms with Crippen LogP contribution in [0.15, 0.2) is 47.4 Å². The summed E-state index contributed by atoms with van der Waals surface area (Å²) in [5, 5.41) is 2.77. The molecule has 1 aliphatic rings. The first-order chi connectivity index (χ1) is 13.3. The van der Waals surface area contributed by atoms with Crippen LogP contribution in [0, 0.1) is 0 Å². The Morgan fingerprint density at radius 1 is 1.04 bits per heavy atom. The lowest BCUT2D eigenvalue weighted by atomic mass is 10.2. The Morgan fingerprint density at radius 2 is 1.71 bits per heavy atom. The van der Waals surface area contributed by atoms with Crippen LogP contribution in [0.5, 0.6) is 11.5 Å². The number of nitrogens with zero attached hydrogens (tertiary/aromatic N) is 2. The first kappa shape index (κ1) is 20.1. The van der Waals surface area contributed by atoms with Gasteiger partial charge < -0.3 is 14.8 Å². The van der Waals surface area contributed by atoms with Gasteiger partial charge in [-0.25, -0.2) is 12.7 Å². The molecule has 0 saturated heterocycles. The number of nitrogens with one attached hydrogen (secondary N) is 1. The predicted molar refractivity (Wildman–Crippen MR) is 105 cm³/mol. The Morgan fingerprint density at radius 3 is 2.39 bits per heavy atom. The van der Waals surface area contributed by atoms with Crippen molar-refractivity contribution < 1.29 is 22.7 Å². The van der Waals surface area contributed by atoms with Gasteiger partial charge in [0, 0.05) is 26.3 Å². The van der Waals surface area contributed by atoms with E-state index < -0.39 is 10.0 Å². The zero-order valence-corrected chi connectivity index (χ0v) is 16.8. The third-order valence-corrected chi connectivity index (χ3v) is 6.05. The van der Waals surface area contributed by atoms with Crippen molar-refractivity contribution in [3.63, 3.8) is 0 Å². The van der Waals surface area contributed by atoms with Gasteiger partial charge in [-0.2, -0.15) is 0 Å². The lowest BCUT2D eigenvalue weighted by molar-refractivity contribution is -0.117. The summed E-state index contributed by atoms with van der Waals surface area (Å²) in [5.74, 6) is 1.25. The van der Waals surface area contributed by atoms with Crippen molar-refractivity contribution in [3.8, 4) is 11.5 Å². The molecule has 9 heteroatoms. The second kappa shape index (κ2) is 8.17. The highest BCUT2D eigenvalue weighted by atomic mass is 32.2. The largest absolute Gasteiger partial charge is 0.454 e. The lowest BCUT2D eigenvalue weighted by Gasteiger charge is -2.17. The van der Waals surface area contributed by atoms with Gasteiger partial charge in [-0.05, 0) is 49.0 Å². The molecule has 0 radical (unpaired) electrons. The Labute approximate surface area is 164 Å². The summed E-state index contributed by atoms with van der Waals surface area (Å²) in [4.78, 5) is 14.3. The monoisotopic (exact) mass is 405 g/mol. The number of ether oxygens (including phenoxy) is 2. The van der Waals surface area contributed by atoms with Crippen molar-refractivity contribution in [2.75, 3.05) is 39.8 Å². The maximum atomic E-state index is 12.3. The van der Waals surface area contributed by atoms with E-state index in [0.29, 0.717) is 18.0 Å². The fraction of sp³-hybridized carbons (Fsp3) is 0.316. The summed E-state index contributed by atoms with van der Waals surface area (Å²) in [6.07, 6.45) is 0. The molecular formula is C19H23N3O5S. The number of benzene rings is 2. The molecule has 0 fully saturated rings.